The van der Waals surface area contributed by atoms with E-state index in [0.29, 0.717) is 30.2 Å². The molecule has 128 valence electrons. The molecule has 0 aliphatic rings. The van der Waals surface area contributed by atoms with Gasteiger partial charge in [0.1, 0.15) is 24.7 Å². The standard InChI is InChI=1S/C19H23NO4/c1-13(2)24-19(21)15-6-9-17(20)18(12-15)23-11-10-22-16-7-4-14(3)5-8-16/h4-9,12-13H,10-11,20H2,1-3H3. The molecule has 0 heterocycles. The van der Waals surface area contributed by atoms with Crippen LogP contribution in [-0.4, -0.2) is 25.3 Å². The summed E-state index contributed by atoms with van der Waals surface area (Å²) < 4.78 is 16.4. The largest absolute Gasteiger partial charge is 0.490 e. The first-order valence-corrected chi connectivity index (χ1v) is 7.88. The maximum absolute atomic E-state index is 11.9. The predicted molar refractivity (Wildman–Crippen MR) is 93.6 cm³/mol. The third-order valence-corrected chi connectivity index (χ3v) is 3.22. The average Bonchev–Trinajstić information content (AvgIpc) is 2.54. The molecule has 0 amide bonds. The lowest BCUT2D eigenvalue weighted by atomic mass is 10.2. The molecule has 5 nitrogen and oxygen atoms in total. The van der Waals surface area contributed by atoms with Crippen LogP contribution in [0.25, 0.3) is 0 Å². The summed E-state index contributed by atoms with van der Waals surface area (Å²) in [7, 11) is 0. The highest BCUT2D eigenvalue weighted by Crippen LogP contribution is 2.23. The van der Waals surface area contributed by atoms with Crippen molar-refractivity contribution in [3.63, 3.8) is 0 Å². The molecule has 0 unspecified atom stereocenters. The number of aryl methyl sites for hydroxylation is 1. The molecule has 2 rings (SSSR count). The second-order valence-electron chi connectivity index (χ2n) is 5.72. The molecule has 0 spiro atoms. The van der Waals surface area contributed by atoms with Crippen molar-refractivity contribution in [1.29, 1.82) is 0 Å². The summed E-state index contributed by atoms with van der Waals surface area (Å²) >= 11 is 0. The Balaban J connectivity index is 1.89. The quantitative estimate of drug-likeness (QED) is 0.477. The average molecular weight is 329 g/mol. The highest BCUT2D eigenvalue weighted by atomic mass is 16.5. The Labute approximate surface area is 142 Å². The fourth-order valence-electron chi connectivity index (χ4n) is 2.01. The Bertz CT molecular complexity index is 680. The summed E-state index contributed by atoms with van der Waals surface area (Å²) in [5, 5.41) is 0. The molecule has 0 saturated heterocycles. The summed E-state index contributed by atoms with van der Waals surface area (Å²) in [5.74, 6) is 0.831. The van der Waals surface area contributed by atoms with Crippen LogP contribution in [0.5, 0.6) is 11.5 Å². The van der Waals surface area contributed by atoms with Crippen molar-refractivity contribution in [2.45, 2.75) is 26.9 Å². The van der Waals surface area contributed by atoms with Gasteiger partial charge in [-0.05, 0) is 51.1 Å². The van der Waals surface area contributed by atoms with Gasteiger partial charge in [0.15, 0.2) is 0 Å². The Kier molecular flexibility index (Phi) is 6.07. The lowest BCUT2D eigenvalue weighted by Crippen LogP contribution is -2.13. The second-order valence-corrected chi connectivity index (χ2v) is 5.72. The van der Waals surface area contributed by atoms with E-state index in [1.54, 1.807) is 32.0 Å². The zero-order valence-electron chi connectivity index (χ0n) is 14.2. The van der Waals surface area contributed by atoms with Gasteiger partial charge in [-0.1, -0.05) is 17.7 Å². The number of hydrogen-bond donors (Lipinski definition) is 1. The van der Waals surface area contributed by atoms with Gasteiger partial charge in [-0.15, -0.1) is 0 Å². The number of nitrogens with two attached hydrogens (primary N) is 1. The molecular formula is C19H23NO4. The molecule has 2 N–H and O–H groups in total. The highest BCUT2D eigenvalue weighted by Gasteiger charge is 2.12. The zero-order chi connectivity index (χ0) is 17.5. The van der Waals surface area contributed by atoms with Gasteiger partial charge < -0.3 is 19.9 Å². The molecule has 0 atom stereocenters. The molecule has 0 fully saturated rings. The monoisotopic (exact) mass is 329 g/mol. The zero-order valence-corrected chi connectivity index (χ0v) is 14.2. The van der Waals surface area contributed by atoms with Crippen LogP contribution in [0.2, 0.25) is 0 Å². The minimum absolute atomic E-state index is 0.178. The van der Waals surface area contributed by atoms with Crippen LogP contribution in [-0.2, 0) is 4.74 Å². The van der Waals surface area contributed by atoms with E-state index in [1.165, 1.54) is 5.56 Å². The van der Waals surface area contributed by atoms with Crippen molar-refractivity contribution in [1.82, 2.24) is 0 Å². The van der Waals surface area contributed by atoms with E-state index in [4.69, 9.17) is 19.9 Å². The highest BCUT2D eigenvalue weighted by molar-refractivity contribution is 5.90. The van der Waals surface area contributed by atoms with E-state index in [0.717, 1.165) is 5.75 Å². The Morgan fingerprint density at radius 2 is 1.71 bits per heavy atom. The van der Waals surface area contributed by atoms with E-state index in [-0.39, 0.29) is 6.10 Å². The number of esters is 1. The topological polar surface area (TPSA) is 70.8 Å². The first-order valence-electron chi connectivity index (χ1n) is 7.88. The van der Waals surface area contributed by atoms with E-state index >= 15 is 0 Å². The van der Waals surface area contributed by atoms with Gasteiger partial charge in [0.05, 0.1) is 17.4 Å². The van der Waals surface area contributed by atoms with Gasteiger partial charge in [-0.3, -0.25) is 0 Å². The van der Waals surface area contributed by atoms with E-state index in [9.17, 15) is 4.79 Å². The van der Waals surface area contributed by atoms with Crippen molar-refractivity contribution in [3.8, 4) is 11.5 Å². The second kappa shape index (κ2) is 8.24. The molecule has 2 aromatic rings. The summed E-state index contributed by atoms with van der Waals surface area (Å²) in [6.07, 6.45) is -0.178. The van der Waals surface area contributed by atoms with Gasteiger partial charge in [0.25, 0.3) is 0 Å². The van der Waals surface area contributed by atoms with Crippen molar-refractivity contribution in [2.24, 2.45) is 0 Å². The van der Waals surface area contributed by atoms with E-state index in [2.05, 4.69) is 0 Å². The molecule has 2 aromatic carbocycles. The van der Waals surface area contributed by atoms with E-state index < -0.39 is 5.97 Å². The molecule has 0 radical (unpaired) electrons. The minimum atomic E-state index is -0.397. The third-order valence-electron chi connectivity index (χ3n) is 3.22. The molecule has 0 saturated carbocycles. The van der Waals surface area contributed by atoms with Crippen LogP contribution in [0.4, 0.5) is 5.69 Å². The van der Waals surface area contributed by atoms with Gasteiger partial charge in [-0.25, -0.2) is 4.79 Å². The lowest BCUT2D eigenvalue weighted by molar-refractivity contribution is 0.0377. The van der Waals surface area contributed by atoms with Crippen LogP contribution in [0.1, 0.15) is 29.8 Å². The number of nitrogen functional groups attached to an aromatic ring is 1. The number of rotatable bonds is 7. The Hall–Kier alpha value is -2.69. The molecule has 0 bridgehead atoms. The summed E-state index contributed by atoms with van der Waals surface area (Å²) in [6, 6.07) is 12.6. The van der Waals surface area contributed by atoms with Gasteiger partial charge in [0, 0.05) is 0 Å². The first-order chi connectivity index (χ1) is 11.5. The fourth-order valence-corrected chi connectivity index (χ4v) is 2.01. The first kappa shape index (κ1) is 17.7. The lowest BCUT2D eigenvalue weighted by Gasteiger charge is -2.12. The molecule has 0 aliphatic heterocycles. The maximum atomic E-state index is 11.9. The summed E-state index contributed by atoms with van der Waals surface area (Å²) in [4.78, 5) is 11.9. The third kappa shape index (κ3) is 5.19. The normalized spacial score (nSPS) is 10.5. The molecule has 0 aromatic heterocycles. The Morgan fingerprint density at radius 3 is 2.38 bits per heavy atom. The van der Waals surface area contributed by atoms with Crippen LogP contribution < -0.4 is 15.2 Å². The number of anilines is 1. The molecule has 5 heteroatoms. The molecule has 0 aliphatic carbocycles. The Morgan fingerprint density at radius 1 is 1.04 bits per heavy atom. The van der Waals surface area contributed by atoms with Crippen molar-refractivity contribution < 1.29 is 19.0 Å². The maximum Gasteiger partial charge on any atom is 0.338 e. The van der Waals surface area contributed by atoms with Gasteiger partial charge in [-0.2, -0.15) is 0 Å². The number of benzene rings is 2. The minimum Gasteiger partial charge on any atom is -0.490 e. The fraction of sp³-hybridized carbons (Fsp3) is 0.316. The van der Waals surface area contributed by atoms with E-state index in [1.807, 2.05) is 31.2 Å². The van der Waals surface area contributed by atoms with Crippen LogP contribution >= 0.6 is 0 Å². The van der Waals surface area contributed by atoms with Crippen LogP contribution in [0.15, 0.2) is 42.5 Å². The van der Waals surface area contributed by atoms with Crippen LogP contribution in [0.3, 0.4) is 0 Å². The number of hydrogen-bond acceptors (Lipinski definition) is 5. The van der Waals surface area contributed by atoms with Crippen molar-refractivity contribution in [2.75, 3.05) is 18.9 Å². The number of carbonyl (C=O) groups is 1. The predicted octanol–water partition coefficient (Wildman–Crippen LogP) is 3.60. The number of carbonyl (C=O) groups excluding carboxylic acids is 1. The summed E-state index contributed by atoms with van der Waals surface area (Å²) in [6.45, 7) is 6.32. The number of ether oxygens (including phenoxy) is 3. The van der Waals surface area contributed by atoms with Gasteiger partial charge >= 0.3 is 5.97 Å². The summed E-state index contributed by atoms with van der Waals surface area (Å²) in [5.41, 5.74) is 7.93. The van der Waals surface area contributed by atoms with Crippen molar-refractivity contribution >= 4 is 11.7 Å². The van der Waals surface area contributed by atoms with Crippen LogP contribution in [0, 0.1) is 6.92 Å². The SMILES string of the molecule is Cc1ccc(OCCOc2cc(C(=O)OC(C)C)ccc2N)cc1. The smallest absolute Gasteiger partial charge is 0.338 e. The molecule has 24 heavy (non-hydrogen) atoms. The van der Waals surface area contributed by atoms with Gasteiger partial charge in [0.2, 0.25) is 0 Å². The molecular weight excluding hydrogens is 306 g/mol. The van der Waals surface area contributed by atoms with Crippen molar-refractivity contribution in [3.05, 3.63) is 53.6 Å².